The van der Waals surface area contributed by atoms with Crippen LogP contribution in [-0.4, -0.2) is 17.3 Å². The van der Waals surface area contributed by atoms with Crippen molar-refractivity contribution in [3.05, 3.63) is 34.9 Å². The van der Waals surface area contributed by atoms with Gasteiger partial charge in [-0.1, -0.05) is 31.5 Å². The lowest BCUT2D eigenvalue weighted by Gasteiger charge is -2.23. The Labute approximate surface area is 105 Å². The van der Waals surface area contributed by atoms with E-state index in [-0.39, 0.29) is 0 Å². The summed E-state index contributed by atoms with van der Waals surface area (Å²) in [6.07, 6.45) is 1.85. The van der Waals surface area contributed by atoms with Gasteiger partial charge in [-0.3, -0.25) is 0 Å². The molecule has 0 aromatic heterocycles. The van der Waals surface area contributed by atoms with Crippen LogP contribution in [0.1, 0.15) is 43.4 Å². The third-order valence-electron chi connectivity index (χ3n) is 3.24. The van der Waals surface area contributed by atoms with Crippen molar-refractivity contribution in [2.45, 2.75) is 52.7 Å². The average Bonchev–Trinajstić information content (AvgIpc) is 2.22. The van der Waals surface area contributed by atoms with Gasteiger partial charge in [0.1, 0.15) is 0 Å². The molecule has 1 aromatic carbocycles. The van der Waals surface area contributed by atoms with E-state index in [1.54, 1.807) is 0 Å². The summed E-state index contributed by atoms with van der Waals surface area (Å²) in [6.45, 7) is 9.74. The smallest absolute Gasteiger partial charge is 0.0743 e. The van der Waals surface area contributed by atoms with Crippen LogP contribution in [0.25, 0.3) is 0 Å². The molecule has 0 aliphatic carbocycles. The van der Waals surface area contributed by atoms with Gasteiger partial charge < -0.3 is 10.4 Å². The maximum Gasteiger partial charge on any atom is 0.0743 e. The van der Waals surface area contributed by atoms with Crippen LogP contribution in [-0.2, 0) is 6.54 Å². The van der Waals surface area contributed by atoms with Crippen molar-refractivity contribution in [2.75, 3.05) is 6.54 Å². The lowest BCUT2D eigenvalue weighted by atomic mass is 9.99. The van der Waals surface area contributed by atoms with Crippen LogP contribution >= 0.6 is 0 Å². The van der Waals surface area contributed by atoms with Crippen molar-refractivity contribution >= 4 is 0 Å². The molecule has 96 valence electrons. The summed E-state index contributed by atoms with van der Waals surface area (Å²) in [5, 5.41) is 13.4. The molecule has 2 heteroatoms. The van der Waals surface area contributed by atoms with E-state index in [9.17, 15) is 5.11 Å². The number of hydrogen-bond acceptors (Lipinski definition) is 2. The van der Waals surface area contributed by atoms with E-state index in [2.05, 4.69) is 44.3 Å². The van der Waals surface area contributed by atoms with Crippen molar-refractivity contribution < 1.29 is 5.11 Å². The van der Waals surface area contributed by atoms with Crippen molar-refractivity contribution in [3.8, 4) is 0 Å². The zero-order valence-electron chi connectivity index (χ0n) is 11.5. The highest BCUT2D eigenvalue weighted by molar-refractivity contribution is 5.33. The Morgan fingerprint density at radius 3 is 2.35 bits per heavy atom. The molecule has 1 unspecified atom stereocenters. The minimum Gasteiger partial charge on any atom is -0.389 e. The molecule has 0 heterocycles. The standard InChI is InChI=1S/C15H25NO/c1-5-9-15(4,17)11-16-10-14-12(2)7-6-8-13(14)3/h6-8,16-17H,5,9-11H2,1-4H3. The number of hydrogen-bond donors (Lipinski definition) is 2. The van der Waals surface area contributed by atoms with E-state index >= 15 is 0 Å². The maximum absolute atomic E-state index is 10.1. The Morgan fingerprint density at radius 1 is 1.24 bits per heavy atom. The summed E-state index contributed by atoms with van der Waals surface area (Å²) in [7, 11) is 0. The summed E-state index contributed by atoms with van der Waals surface area (Å²) in [4.78, 5) is 0. The number of aryl methyl sites for hydroxylation is 2. The lowest BCUT2D eigenvalue weighted by molar-refractivity contribution is 0.0498. The van der Waals surface area contributed by atoms with Crippen LogP contribution in [0.15, 0.2) is 18.2 Å². The van der Waals surface area contributed by atoms with Gasteiger partial charge in [-0.2, -0.15) is 0 Å². The third kappa shape index (κ3) is 4.49. The van der Waals surface area contributed by atoms with E-state index in [4.69, 9.17) is 0 Å². The van der Waals surface area contributed by atoms with Gasteiger partial charge in [0, 0.05) is 13.1 Å². The van der Waals surface area contributed by atoms with Crippen LogP contribution < -0.4 is 5.32 Å². The fourth-order valence-corrected chi connectivity index (χ4v) is 2.21. The highest BCUT2D eigenvalue weighted by Gasteiger charge is 2.18. The molecular weight excluding hydrogens is 210 g/mol. The summed E-state index contributed by atoms with van der Waals surface area (Å²) < 4.78 is 0. The van der Waals surface area contributed by atoms with E-state index in [1.807, 2.05) is 6.92 Å². The molecule has 17 heavy (non-hydrogen) atoms. The van der Waals surface area contributed by atoms with Crippen LogP contribution in [0.5, 0.6) is 0 Å². The normalized spacial score (nSPS) is 14.6. The minimum atomic E-state index is -0.592. The summed E-state index contributed by atoms with van der Waals surface area (Å²) >= 11 is 0. The van der Waals surface area contributed by atoms with Gasteiger partial charge in [-0.25, -0.2) is 0 Å². The topological polar surface area (TPSA) is 32.3 Å². The second-order valence-corrected chi connectivity index (χ2v) is 5.22. The fourth-order valence-electron chi connectivity index (χ4n) is 2.21. The molecule has 2 nitrogen and oxygen atoms in total. The zero-order chi connectivity index (χ0) is 12.9. The molecule has 0 saturated heterocycles. The second-order valence-electron chi connectivity index (χ2n) is 5.22. The first-order valence-electron chi connectivity index (χ1n) is 6.44. The van der Waals surface area contributed by atoms with Crippen LogP contribution in [0, 0.1) is 13.8 Å². The van der Waals surface area contributed by atoms with Gasteiger partial charge >= 0.3 is 0 Å². The predicted octanol–water partition coefficient (Wildman–Crippen LogP) is 2.94. The Bertz CT molecular complexity index is 338. The summed E-state index contributed by atoms with van der Waals surface area (Å²) in [6, 6.07) is 6.35. The van der Waals surface area contributed by atoms with Crippen molar-refractivity contribution in [1.82, 2.24) is 5.32 Å². The molecule has 0 radical (unpaired) electrons. The molecule has 0 aliphatic rings. The lowest BCUT2D eigenvalue weighted by Crippen LogP contribution is -2.37. The minimum absolute atomic E-state index is 0.592. The van der Waals surface area contributed by atoms with Gasteiger partial charge in [0.25, 0.3) is 0 Å². The van der Waals surface area contributed by atoms with Crippen molar-refractivity contribution in [3.63, 3.8) is 0 Å². The Balaban J connectivity index is 2.51. The molecule has 2 N–H and O–H groups in total. The van der Waals surface area contributed by atoms with Crippen LogP contribution in [0.4, 0.5) is 0 Å². The molecule has 1 atom stereocenters. The molecule has 0 aliphatic heterocycles. The fraction of sp³-hybridized carbons (Fsp3) is 0.600. The van der Waals surface area contributed by atoms with Gasteiger partial charge in [0.2, 0.25) is 0 Å². The Morgan fingerprint density at radius 2 is 1.82 bits per heavy atom. The molecule has 0 amide bonds. The van der Waals surface area contributed by atoms with Gasteiger partial charge in [0.15, 0.2) is 0 Å². The highest BCUT2D eigenvalue weighted by Crippen LogP contribution is 2.14. The average molecular weight is 235 g/mol. The van der Waals surface area contributed by atoms with Gasteiger partial charge in [0.05, 0.1) is 5.60 Å². The summed E-state index contributed by atoms with van der Waals surface area (Å²) in [5.74, 6) is 0. The molecule has 0 bridgehead atoms. The van der Waals surface area contributed by atoms with Gasteiger partial charge in [-0.15, -0.1) is 0 Å². The Kier molecular flexibility index (Phi) is 5.16. The first-order chi connectivity index (χ1) is 7.96. The van der Waals surface area contributed by atoms with Crippen molar-refractivity contribution in [1.29, 1.82) is 0 Å². The van der Waals surface area contributed by atoms with E-state index in [0.29, 0.717) is 6.54 Å². The monoisotopic (exact) mass is 235 g/mol. The van der Waals surface area contributed by atoms with Crippen LogP contribution in [0.3, 0.4) is 0 Å². The molecule has 0 fully saturated rings. The number of benzene rings is 1. The first-order valence-corrected chi connectivity index (χ1v) is 6.44. The SMILES string of the molecule is CCCC(C)(O)CNCc1c(C)cccc1C. The third-order valence-corrected chi connectivity index (χ3v) is 3.24. The van der Waals surface area contributed by atoms with Crippen LogP contribution in [0.2, 0.25) is 0 Å². The van der Waals surface area contributed by atoms with E-state index in [0.717, 1.165) is 19.4 Å². The molecule has 1 rings (SSSR count). The molecule has 0 saturated carbocycles. The zero-order valence-corrected chi connectivity index (χ0v) is 11.5. The quantitative estimate of drug-likeness (QED) is 0.794. The number of rotatable bonds is 6. The Hall–Kier alpha value is -0.860. The maximum atomic E-state index is 10.1. The second kappa shape index (κ2) is 6.18. The largest absolute Gasteiger partial charge is 0.389 e. The molecule has 1 aromatic rings. The first kappa shape index (κ1) is 14.2. The highest BCUT2D eigenvalue weighted by atomic mass is 16.3. The predicted molar refractivity (Wildman–Crippen MR) is 73.2 cm³/mol. The van der Waals surface area contributed by atoms with Crippen molar-refractivity contribution in [2.24, 2.45) is 0 Å². The molecular formula is C15H25NO. The number of aliphatic hydroxyl groups is 1. The molecule has 0 spiro atoms. The van der Waals surface area contributed by atoms with E-state index in [1.165, 1.54) is 16.7 Å². The van der Waals surface area contributed by atoms with E-state index < -0.39 is 5.60 Å². The number of nitrogens with one attached hydrogen (secondary N) is 1. The van der Waals surface area contributed by atoms with Gasteiger partial charge in [-0.05, 0) is 43.9 Å². The summed E-state index contributed by atoms with van der Waals surface area (Å²) in [5.41, 5.74) is 3.38.